The molecule has 0 unspecified atom stereocenters. The van der Waals surface area contributed by atoms with Gasteiger partial charge in [0.05, 0.1) is 6.54 Å². The molecule has 0 aliphatic carbocycles. The van der Waals surface area contributed by atoms with Crippen LogP contribution >= 0.6 is 35.7 Å². The standard InChI is InChI=1S/C15H27N5O2S2.HI/c1-5-17-14(19-12-15(2,3)23-4)18-9-10-20-24(21,22)13-7-6-8-16-11-13;/h6-8,11,20H,5,9-10,12H2,1-4H3,(H2,17,18,19);1H. The number of aromatic nitrogens is 1. The van der Waals surface area contributed by atoms with Gasteiger partial charge in [0.25, 0.3) is 0 Å². The van der Waals surface area contributed by atoms with Gasteiger partial charge in [0, 0.05) is 36.8 Å². The van der Waals surface area contributed by atoms with E-state index in [-0.39, 0.29) is 40.2 Å². The third-order valence-electron chi connectivity index (χ3n) is 3.17. The number of hydrogen-bond acceptors (Lipinski definition) is 5. The Morgan fingerprint density at radius 1 is 1.32 bits per heavy atom. The van der Waals surface area contributed by atoms with Crippen LogP contribution in [-0.4, -0.2) is 56.5 Å². The molecule has 0 spiro atoms. The maximum Gasteiger partial charge on any atom is 0.242 e. The zero-order valence-electron chi connectivity index (χ0n) is 15.1. The van der Waals surface area contributed by atoms with Crippen LogP contribution in [0.25, 0.3) is 0 Å². The maximum atomic E-state index is 12.1. The molecule has 0 radical (unpaired) electrons. The average molecular weight is 501 g/mol. The number of sulfonamides is 1. The number of nitrogens with zero attached hydrogens (tertiary/aromatic N) is 2. The fourth-order valence-electron chi connectivity index (χ4n) is 1.63. The first-order valence-corrected chi connectivity index (χ1v) is 10.5. The minimum Gasteiger partial charge on any atom is -0.357 e. The van der Waals surface area contributed by atoms with Gasteiger partial charge in [-0.2, -0.15) is 11.8 Å². The molecule has 1 rings (SSSR count). The van der Waals surface area contributed by atoms with Gasteiger partial charge in [-0.05, 0) is 39.2 Å². The van der Waals surface area contributed by atoms with Crippen LogP contribution in [-0.2, 0) is 10.0 Å². The van der Waals surface area contributed by atoms with E-state index in [0.717, 1.165) is 6.54 Å². The highest BCUT2D eigenvalue weighted by Crippen LogP contribution is 2.20. The van der Waals surface area contributed by atoms with E-state index in [9.17, 15) is 8.42 Å². The van der Waals surface area contributed by atoms with Crippen molar-refractivity contribution in [3.05, 3.63) is 24.5 Å². The quantitative estimate of drug-likeness (QED) is 0.206. The van der Waals surface area contributed by atoms with Crippen molar-refractivity contribution in [2.45, 2.75) is 30.4 Å². The molecule has 0 aromatic carbocycles. The van der Waals surface area contributed by atoms with Gasteiger partial charge >= 0.3 is 0 Å². The summed E-state index contributed by atoms with van der Waals surface area (Å²) in [5.74, 6) is 0.681. The van der Waals surface area contributed by atoms with Crippen molar-refractivity contribution < 1.29 is 8.42 Å². The second-order valence-corrected chi connectivity index (χ2v) is 8.95. The van der Waals surface area contributed by atoms with Crippen LogP contribution in [0.15, 0.2) is 34.4 Å². The van der Waals surface area contributed by atoms with E-state index in [4.69, 9.17) is 0 Å². The van der Waals surface area contributed by atoms with Crippen molar-refractivity contribution in [1.29, 1.82) is 0 Å². The lowest BCUT2D eigenvalue weighted by molar-refractivity contribution is 0.580. The number of rotatable bonds is 9. The Bertz CT molecular complexity index is 624. The summed E-state index contributed by atoms with van der Waals surface area (Å²) in [6.45, 7) is 8.36. The van der Waals surface area contributed by atoms with Crippen LogP contribution in [0, 0.1) is 0 Å². The molecule has 144 valence electrons. The van der Waals surface area contributed by atoms with E-state index in [1.165, 1.54) is 18.5 Å². The summed E-state index contributed by atoms with van der Waals surface area (Å²) in [4.78, 5) is 8.52. The highest BCUT2D eigenvalue weighted by molar-refractivity contribution is 14.0. The van der Waals surface area contributed by atoms with Crippen molar-refractivity contribution in [1.82, 2.24) is 20.3 Å². The molecule has 10 heteroatoms. The van der Waals surface area contributed by atoms with Gasteiger partial charge in [-0.3, -0.25) is 9.98 Å². The molecule has 0 atom stereocenters. The van der Waals surface area contributed by atoms with E-state index in [0.29, 0.717) is 19.0 Å². The summed E-state index contributed by atoms with van der Waals surface area (Å²) in [7, 11) is -3.53. The highest BCUT2D eigenvalue weighted by Gasteiger charge is 2.15. The Kier molecular flexibility index (Phi) is 11.6. The van der Waals surface area contributed by atoms with Crippen molar-refractivity contribution in [3.8, 4) is 0 Å². The van der Waals surface area contributed by atoms with Gasteiger partial charge in [-0.25, -0.2) is 13.1 Å². The first-order chi connectivity index (χ1) is 11.3. The molecule has 1 aromatic rings. The second kappa shape index (κ2) is 11.9. The third kappa shape index (κ3) is 9.61. The molecule has 1 aromatic heterocycles. The zero-order chi connectivity index (χ0) is 18.1. The largest absolute Gasteiger partial charge is 0.357 e. The lowest BCUT2D eigenvalue weighted by Crippen LogP contribution is -2.42. The Balaban J connectivity index is 0.00000576. The topological polar surface area (TPSA) is 95.5 Å². The lowest BCUT2D eigenvalue weighted by atomic mass is 10.2. The molecule has 0 aliphatic rings. The summed E-state index contributed by atoms with van der Waals surface area (Å²) < 4.78 is 26.7. The predicted octanol–water partition coefficient (Wildman–Crippen LogP) is 1.67. The first-order valence-electron chi connectivity index (χ1n) is 7.78. The van der Waals surface area contributed by atoms with Crippen LogP contribution < -0.4 is 15.4 Å². The molecule has 3 N–H and O–H groups in total. The zero-order valence-corrected chi connectivity index (χ0v) is 19.0. The monoisotopic (exact) mass is 501 g/mol. The number of aliphatic imine (C=N–C) groups is 1. The molecule has 0 amide bonds. The Morgan fingerprint density at radius 2 is 2.04 bits per heavy atom. The van der Waals surface area contributed by atoms with Crippen molar-refractivity contribution in [2.75, 3.05) is 32.4 Å². The molecule has 1 heterocycles. The normalized spacial score (nSPS) is 12.4. The molecule has 0 saturated carbocycles. The average Bonchev–Trinajstić information content (AvgIpc) is 2.57. The van der Waals surface area contributed by atoms with E-state index in [1.54, 1.807) is 17.8 Å². The molecule has 0 aliphatic heterocycles. The predicted molar refractivity (Wildman–Crippen MR) is 116 cm³/mol. The third-order valence-corrected chi connectivity index (χ3v) is 5.85. The van der Waals surface area contributed by atoms with Crippen LogP contribution in [0.2, 0.25) is 0 Å². The van der Waals surface area contributed by atoms with E-state index in [1.807, 2.05) is 6.92 Å². The number of thioether (sulfide) groups is 1. The summed E-state index contributed by atoms with van der Waals surface area (Å²) in [6.07, 6.45) is 4.92. The van der Waals surface area contributed by atoms with Crippen LogP contribution in [0.5, 0.6) is 0 Å². The van der Waals surface area contributed by atoms with E-state index in [2.05, 4.69) is 45.4 Å². The SMILES string of the molecule is CCNC(=NCC(C)(C)SC)NCCNS(=O)(=O)c1cccnc1.I. The molecular formula is C15H28IN5O2S2. The van der Waals surface area contributed by atoms with Gasteiger partial charge < -0.3 is 10.6 Å². The van der Waals surface area contributed by atoms with Gasteiger partial charge in [0.2, 0.25) is 10.0 Å². The summed E-state index contributed by atoms with van der Waals surface area (Å²) in [5.41, 5.74) is 0. The first kappa shape index (κ1) is 24.4. The molecule has 25 heavy (non-hydrogen) atoms. The summed E-state index contributed by atoms with van der Waals surface area (Å²) in [6, 6.07) is 3.11. The fourth-order valence-corrected chi connectivity index (χ4v) is 2.82. The van der Waals surface area contributed by atoms with Crippen molar-refractivity contribution >= 4 is 51.7 Å². The molecule has 0 bridgehead atoms. The van der Waals surface area contributed by atoms with Gasteiger partial charge in [-0.1, -0.05) is 0 Å². The van der Waals surface area contributed by atoms with E-state index < -0.39 is 10.0 Å². The number of guanidine groups is 1. The number of pyridine rings is 1. The van der Waals surface area contributed by atoms with Gasteiger partial charge in [-0.15, -0.1) is 24.0 Å². The van der Waals surface area contributed by atoms with E-state index >= 15 is 0 Å². The molecular weight excluding hydrogens is 473 g/mol. The van der Waals surface area contributed by atoms with Crippen LogP contribution in [0.3, 0.4) is 0 Å². The summed E-state index contributed by atoms with van der Waals surface area (Å²) >= 11 is 1.76. The summed E-state index contributed by atoms with van der Waals surface area (Å²) in [5, 5.41) is 6.28. The Morgan fingerprint density at radius 3 is 2.60 bits per heavy atom. The van der Waals surface area contributed by atoms with Crippen molar-refractivity contribution in [3.63, 3.8) is 0 Å². The number of nitrogens with one attached hydrogen (secondary N) is 3. The molecule has 7 nitrogen and oxygen atoms in total. The molecule has 0 fully saturated rings. The van der Waals surface area contributed by atoms with Crippen LogP contribution in [0.1, 0.15) is 20.8 Å². The van der Waals surface area contributed by atoms with Gasteiger partial charge in [0.1, 0.15) is 4.90 Å². The Hall–Kier alpha value is -0.590. The number of halogens is 1. The molecule has 0 saturated heterocycles. The lowest BCUT2D eigenvalue weighted by Gasteiger charge is -2.20. The van der Waals surface area contributed by atoms with Gasteiger partial charge in [0.15, 0.2) is 5.96 Å². The fraction of sp³-hybridized carbons (Fsp3) is 0.600. The minimum atomic E-state index is -3.53. The maximum absolute atomic E-state index is 12.1. The number of hydrogen-bond donors (Lipinski definition) is 3. The van der Waals surface area contributed by atoms with Crippen LogP contribution in [0.4, 0.5) is 0 Å². The van der Waals surface area contributed by atoms with Crippen molar-refractivity contribution in [2.24, 2.45) is 4.99 Å². The highest BCUT2D eigenvalue weighted by atomic mass is 127. The Labute approximate surface area is 172 Å². The second-order valence-electron chi connectivity index (χ2n) is 5.67. The smallest absolute Gasteiger partial charge is 0.242 e. The minimum absolute atomic E-state index is 0.